The fourth-order valence-electron chi connectivity index (χ4n) is 3.58. The van der Waals surface area contributed by atoms with Crippen molar-refractivity contribution in [2.45, 2.75) is 83.7 Å². The molecule has 3 fully saturated rings. The molecule has 3 saturated heterocycles. The summed E-state index contributed by atoms with van der Waals surface area (Å²) in [6.07, 6.45) is 4.06. The maximum Gasteiger partial charge on any atom is 0.410 e. The minimum absolute atomic E-state index is 0.147. The molecule has 0 aromatic carbocycles. The van der Waals surface area contributed by atoms with Crippen molar-refractivity contribution in [3.05, 3.63) is 0 Å². The lowest BCUT2D eigenvalue weighted by Gasteiger charge is -2.33. The van der Waals surface area contributed by atoms with Gasteiger partial charge in [0.15, 0.2) is 12.2 Å². The molecule has 3 rings (SSSR count). The SMILES string of the molecule is CCC(C)(C)C(=O)OC1C2CCC(O2)C1OC(=O)N1CCCCC1. The number of rotatable bonds is 4. The van der Waals surface area contributed by atoms with Crippen LogP contribution in [-0.2, 0) is 19.0 Å². The topological polar surface area (TPSA) is 65.1 Å². The first-order valence-electron chi connectivity index (χ1n) is 9.24. The summed E-state index contributed by atoms with van der Waals surface area (Å²) in [5.74, 6) is -0.245. The molecule has 0 N–H and O–H groups in total. The number of carbonyl (C=O) groups excluding carboxylic acids is 2. The molecule has 136 valence electrons. The highest BCUT2D eigenvalue weighted by Gasteiger charge is 2.54. The number of amides is 1. The zero-order valence-corrected chi connectivity index (χ0v) is 15.0. The molecule has 0 radical (unpaired) electrons. The number of piperidine rings is 1. The minimum Gasteiger partial charge on any atom is -0.455 e. The molecule has 0 spiro atoms. The summed E-state index contributed by atoms with van der Waals surface area (Å²) in [6.45, 7) is 7.20. The number of fused-ring (bicyclic) bond motifs is 2. The van der Waals surface area contributed by atoms with Gasteiger partial charge < -0.3 is 19.1 Å². The van der Waals surface area contributed by atoms with Crippen LogP contribution < -0.4 is 0 Å². The molecule has 4 atom stereocenters. The van der Waals surface area contributed by atoms with Gasteiger partial charge in [0, 0.05) is 13.1 Å². The highest BCUT2D eigenvalue weighted by atomic mass is 16.6. The van der Waals surface area contributed by atoms with Crippen molar-refractivity contribution >= 4 is 12.1 Å². The maximum absolute atomic E-state index is 12.4. The van der Waals surface area contributed by atoms with Gasteiger partial charge in [-0.15, -0.1) is 0 Å². The summed E-state index contributed by atoms with van der Waals surface area (Å²) in [6, 6.07) is 0. The number of likely N-dealkylation sites (tertiary alicyclic amines) is 1. The lowest BCUT2D eigenvalue weighted by atomic mass is 9.89. The predicted octanol–water partition coefficient (Wildman–Crippen LogP) is 2.89. The normalized spacial score (nSPS) is 32.7. The van der Waals surface area contributed by atoms with E-state index in [4.69, 9.17) is 14.2 Å². The first-order valence-corrected chi connectivity index (χ1v) is 9.24. The molecule has 3 heterocycles. The lowest BCUT2D eigenvalue weighted by Crippen LogP contribution is -2.47. The Morgan fingerprint density at radius 3 is 2.21 bits per heavy atom. The third-order valence-electron chi connectivity index (χ3n) is 5.67. The molecular formula is C18H29NO5. The van der Waals surface area contributed by atoms with Crippen molar-refractivity contribution in [1.82, 2.24) is 4.90 Å². The Morgan fingerprint density at radius 1 is 1.04 bits per heavy atom. The van der Waals surface area contributed by atoms with Crippen molar-refractivity contribution in [3.8, 4) is 0 Å². The van der Waals surface area contributed by atoms with Gasteiger partial charge in [0.25, 0.3) is 0 Å². The Bertz CT molecular complexity index is 486. The molecule has 1 amide bonds. The second-order valence-corrected chi connectivity index (χ2v) is 7.79. The smallest absolute Gasteiger partial charge is 0.410 e. The zero-order chi connectivity index (χ0) is 17.3. The second-order valence-electron chi connectivity index (χ2n) is 7.79. The molecule has 6 nitrogen and oxygen atoms in total. The van der Waals surface area contributed by atoms with E-state index in [1.54, 1.807) is 4.90 Å². The minimum atomic E-state index is -0.538. The van der Waals surface area contributed by atoms with Crippen molar-refractivity contribution in [2.24, 2.45) is 5.41 Å². The van der Waals surface area contributed by atoms with Crippen LogP contribution in [0.3, 0.4) is 0 Å². The molecule has 0 aromatic rings. The first kappa shape index (κ1) is 17.5. The third-order valence-corrected chi connectivity index (χ3v) is 5.67. The van der Waals surface area contributed by atoms with Gasteiger partial charge in [-0.05, 0) is 52.4 Å². The van der Waals surface area contributed by atoms with Crippen molar-refractivity contribution in [1.29, 1.82) is 0 Å². The van der Waals surface area contributed by atoms with Gasteiger partial charge in [0.2, 0.25) is 0 Å². The summed E-state index contributed by atoms with van der Waals surface area (Å²) >= 11 is 0. The molecule has 2 bridgehead atoms. The van der Waals surface area contributed by atoms with Crippen molar-refractivity contribution in [3.63, 3.8) is 0 Å². The molecule has 4 unspecified atom stereocenters. The maximum atomic E-state index is 12.4. The van der Waals surface area contributed by atoms with Crippen LogP contribution in [-0.4, -0.2) is 54.5 Å². The van der Waals surface area contributed by atoms with Gasteiger partial charge in [-0.2, -0.15) is 0 Å². The van der Waals surface area contributed by atoms with E-state index in [1.807, 2.05) is 20.8 Å². The first-order chi connectivity index (χ1) is 11.4. The summed E-state index contributed by atoms with van der Waals surface area (Å²) in [4.78, 5) is 26.6. The molecule has 3 aliphatic rings. The van der Waals surface area contributed by atoms with E-state index in [0.717, 1.165) is 45.2 Å². The predicted molar refractivity (Wildman–Crippen MR) is 87.5 cm³/mol. The summed E-state index contributed by atoms with van der Waals surface area (Å²) < 4.78 is 17.3. The van der Waals surface area contributed by atoms with E-state index < -0.39 is 17.6 Å². The Balaban J connectivity index is 1.64. The van der Waals surface area contributed by atoms with Crippen LogP contribution in [0.5, 0.6) is 0 Å². The van der Waals surface area contributed by atoms with Crippen LogP contribution >= 0.6 is 0 Å². The van der Waals surface area contributed by atoms with Crippen LogP contribution in [0.4, 0.5) is 4.79 Å². The third kappa shape index (κ3) is 3.39. The zero-order valence-electron chi connectivity index (χ0n) is 15.0. The van der Waals surface area contributed by atoms with Gasteiger partial charge in [0.1, 0.15) is 0 Å². The molecule has 0 aliphatic carbocycles. The number of hydrogen-bond acceptors (Lipinski definition) is 5. The fraction of sp³-hybridized carbons (Fsp3) is 0.889. The van der Waals surface area contributed by atoms with E-state index in [1.165, 1.54) is 0 Å². The quantitative estimate of drug-likeness (QED) is 0.737. The largest absolute Gasteiger partial charge is 0.455 e. The second kappa shape index (κ2) is 6.90. The number of hydrogen-bond donors (Lipinski definition) is 0. The monoisotopic (exact) mass is 339 g/mol. The van der Waals surface area contributed by atoms with E-state index in [0.29, 0.717) is 6.42 Å². The number of ether oxygens (including phenoxy) is 3. The Labute approximate surface area is 143 Å². The molecule has 6 heteroatoms. The summed E-state index contributed by atoms with van der Waals surface area (Å²) in [5, 5.41) is 0. The average Bonchev–Trinajstić information content (AvgIpc) is 3.18. The van der Waals surface area contributed by atoms with E-state index in [9.17, 15) is 9.59 Å². The number of nitrogens with zero attached hydrogens (tertiary/aromatic N) is 1. The van der Waals surface area contributed by atoms with Crippen LogP contribution in [0.2, 0.25) is 0 Å². The highest BCUT2D eigenvalue weighted by Crippen LogP contribution is 2.39. The average molecular weight is 339 g/mol. The van der Waals surface area contributed by atoms with E-state index in [-0.39, 0.29) is 24.3 Å². The Kier molecular flexibility index (Phi) is 5.04. The molecule has 0 aromatic heterocycles. The molecule has 3 aliphatic heterocycles. The molecular weight excluding hydrogens is 310 g/mol. The van der Waals surface area contributed by atoms with Crippen LogP contribution in [0.15, 0.2) is 0 Å². The van der Waals surface area contributed by atoms with Crippen LogP contribution in [0, 0.1) is 5.41 Å². The molecule has 0 saturated carbocycles. The fourth-order valence-corrected chi connectivity index (χ4v) is 3.58. The van der Waals surface area contributed by atoms with Crippen LogP contribution in [0.25, 0.3) is 0 Å². The van der Waals surface area contributed by atoms with Gasteiger partial charge in [-0.1, -0.05) is 6.92 Å². The van der Waals surface area contributed by atoms with Gasteiger partial charge in [-0.25, -0.2) is 4.79 Å². The number of esters is 1. The highest BCUT2D eigenvalue weighted by molar-refractivity contribution is 5.76. The number of carbonyl (C=O) groups is 2. The van der Waals surface area contributed by atoms with Gasteiger partial charge >= 0.3 is 12.1 Å². The van der Waals surface area contributed by atoms with E-state index in [2.05, 4.69) is 0 Å². The summed E-state index contributed by atoms with van der Waals surface area (Å²) in [5.41, 5.74) is -0.538. The van der Waals surface area contributed by atoms with Gasteiger partial charge in [0.05, 0.1) is 17.6 Å². The lowest BCUT2D eigenvalue weighted by molar-refractivity contribution is -0.167. The Hall–Kier alpha value is -1.30. The van der Waals surface area contributed by atoms with Crippen molar-refractivity contribution in [2.75, 3.05) is 13.1 Å². The summed E-state index contributed by atoms with van der Waals surface area (Å²) in [7, 11) is 0. The molecule has 24 heavy (non-hydrogen) atoms. The Morgan fingerprint density at radius 2 is 1.62 bits per heavy atom. The van der Waals surface area contributed by atoms with Crippen LogP contribution in [0.1, 0.15) is 59.3 Å². The van der Waals surface area contributed by atoms with Gasteiger partial charge in [-0.3, -0.25) is 4.79 Å². The van der Waals surface area contributed by atoms with E-state index >= 15 is 0 Å². The standard InChI is InChI=1S/C18H29NO5/c1-4-18(2,3)16(20)23-14-12-8-9-13(22-12)15(14)24-17(21)19-10-6-5-7-11-19/h12-15H,4-11H2,1-3H3. The van der Waals surface area contributed by atoms with Crippen molar-refractivity contribution < 1.29 is 23.8 Å².